The Morgan fingerprint density at radius 1 is 1.05 bits per heavy atom. The summed E-state index contributed by atoms with van der Waals surface area (Å²) in [6.07, 6.45) is 0. The normalized spacial score (nSPS) is 21.6. The summed E-state index contributed by atoms with van der Waals surface area (Å²) in [5.74, 6) is -0.762. The molecule has 3 rings (SSSR count). The lowest BCUT2D eigenvalue weighted by atomic mass is 9.95. The molecule has 2 aromatic rings. The molecule has 1 aliphatic heterocycles. The minimum absolute atomic E-state index is 0.231. The van der Waals surface area contributed by atoms with Gasteiger partial charge in [-0.1, -0.05) is 30.3 Å². The molecule has 4 heteroatoms. The SMILES string of the molecule is CC1(N)C(=O)N(c2ccccc2F)c2ccccc21. The van der Waals surface area contributed by atoms with E-state index < -0.39 is 11.4 Å². The van der Waals surface area contributed by atoms with Gasteiger partial charge in [-0.2, -0.15) is 0 Å². The van der Waals surface area contributed by atoms with Crippen molar-refractivity contribution in [3.8, 4) is 0 Å². The van der Waals surface area contributed by atoms with Gasteiger partial charge < -0.3 is 5.73 Å². The Balaban J connectivity index is 2.24. The zero-order valence-electron chi connectivity index (χ0n) is 10.4. The van der Waals surface area contributed by atoms with Gasteiger partial charge in [0.2, 0.25) is 0 Å². The van der Waals surface area contributed by atoms with Crippen LogP contribution in [-0.2, 0) is 10.3 Å². The molecule has 0 fully saturated rings. The third-order valence-corrected chi connectivity index (χ3v) is 3.45. The van der Waals surface area contributed by atoms with Gasteiger partial charge in [0.25, 0.3) is 5.91 Å². The van der Waals surface area contributed by atoms with Crippen LogP contribution in [-0.4, -0.2) is 5.91 Å². The molecule has 96 valence electrons. The van der Waals surface area contributed by atoms with Gasteiger partial charge >= 0.3 is 0 Å². The highest BCUT2D eigenvalue weighted by molar-refractivity contribution is 6.12. The van der Waals surface area contributed by atoms with Crippen molar-refractivity contribution in [3.63, 3.8) is 0 Å². The summed E-state index contributed by atoms with van der Waals surface area (Å²) in [4.78, 5) is 13.8. The highest BCUT2D eigenvalue weighted by Crippen LogP contribution is 2.43. The van der Waals surface area contributed by atoms with Crippen molar-refractivity contribution in [2.45, 2.75) is 12.5 Å². The third-order valence-electron chi connectivity index (χ3n) is 3.45. The average Bonchev–Trinajstić information content (AvgIpc) is 2.60. The summed E-state index contributed by atoms with van der Waals surface area (Å²) in [7, 11) is 0. The molecular formula is C15H13FN2O. The van der Waals surface area contributed by atoms with Crippen LogP contribution in [0, 0.1) is 5.82 Å². The van der Waals surface area contributed by atoms with Gasteiger partial charge in [-0.25, -0.2) is 4.39 Å². The fourth-order valence-electron chi connectivity index (χ4n) is 2.44. The number of hydrogen-bond acceptors (Lipinski definition) is 2. The Morgan fingerprint density at radius 3 is 2.32 bits per heavy atom. The number of nitrogens with zero attached hydrogens (tertiary/aromatic N) is 1. The minimum atomic E-state index is -1.13. The van der Waals surface area contributed by atoms with Gasteiger partial charge in [0.05, 0.1) is 11.4 Å². The number of fused-ring (bicyclic) bond motifs is 1. The Kier molecular flexibility index (Phi) is 2.43. The van der Waals surface area contributed by atoms with Gasteiger partial charge in [0, 0.05) is 5.56 Å². The lowest BCUT2D eigenvalue weighted by Crippen LogP contribution is -2.43. The van der Waals surface area contributed by atoms with E-state index in [9.17, 15) is 9.18 Å². The zero-order valence-corrected chi connectivity index (χ0v) is 10.4. The molecule has 3 nitrogen and oxygen atoms in total. The second kappa shape index (κ2) is 3.90. The first-order chi connectivity index (χ1) is 9.03. The van der Waals surface area contributed by atoms with Crippen molar-refractivity contribution in [3.05, 3.63) is 59.9 Å². The van der Waals surface area contributed by atoms with Crippen molar-refractivity contribution < 1.29 is 9.18 Å². The predicted molar refractivity (Wildman–Crippen MR) is 71.5 cm³/mol. The summed E-state index contributed by atoms with van der Waals surface area (Å²) in [5, 5.41) is 0. The number of hydrogen-bond donors (Lipinski definition) is 1. The van der Waals surface area contributed by atoms with Crippen molar-refractivity contribution in [2.75, 3.05) is 4.90 Å². The number of amides is 1. The first kappa shape index (κ1) is 11.9. The fourth-order valence-corrected chi connectivity index (χ4v) is 2.44. The van der Waals surface area contributed by atoms with Crippen LogP contribution in [0.15, 0.2) is 48.5 Å². The van der Waals surface area contributed by atoms with Gasteiger partial charge in [0.15, 0.2) is 0 Å². The molecule has 1 aliphatic rings. The highest BCUT2D eigenvalue weighted by atomic mass is 19.1. The zero-order chi connectivity index (χ0) is 13.6. The summed E-state index contributed by atoms with van der Waals surface area (Å²) >= 11 is 0. The first-order valence-electron chi connectivity index (χ1n) is 6.01. The van der Waals surface area contributed by atoms with Crippen LogP contribution in [0.25, 0.3) is 0 Å². The monoisotopic (exact) mass is 256 g/mol. The van der Waals surface area contributed by atoms with Crippen LogP contribution < -0.4 is 10.6 Å². The number of carbonyl (C=O) groups excluding carboxylic acids is 1. The van der Waals surface area contributed by atoms with E-state index in [2.05, 4.69) is 0 Å². The van der Waals surface area contributed by atoms with E-state index in [0.29, 0.717) is 11.3 Å². The molecule has 1 unspecified atom stereocenters. The maximum atomic E-state index is 13.9. The van der Waals surface area contributed by atoms with Gasteiger partial charge in [0.1, 0.15) is 11.4 Å². The van der Waals surface area contributed by atoms with Gasteiger partial charge in [-0.15, -0.1) is 0 Å². The molecule has 0 bridgehead atoms. The van der Waals surface area contributed by atoms with Crippen LogP contribution in [0.2, 0.25) is 0 Å². The molecule has 2 N–H and O–H groups in total. The van der Waals surface area contributed by atoms with E-state index in [1.54, 1.807) is 43.3 Å². The van der Waals surface area contributed by atoms with Crippen molar-refractivity contribution in [1.29, 1.82) is 0 Å². The number of rotatable bonds is 1. The number of para-hydroxylation sites is 2. The van der Waals surface area contributed by atoms with Crippen molar-refractivity contribution >= 4 is 17.3 Å². The van der Waals surface area contributed by atoms with Crippen molar-refractivity contribution in [2.24, 2.45) is 5.73 Å². The largest absolute Gasteiger partial charge is 0.314 e. The molecule has 0 saturated carbocycles. The van der Waals surface area contributed by atoms with E-state index >= 15 is 0 Å². The fraction of sp³-hybridized carbons (Fsp3) is 0.133. The molecule has 0 saturated heterocycles. The molecule has 2 aromatic carbocycles. The smallest absolute Gasteiger partial charge is 0.256 e. The molecular weight excluding hydrogens is 243 g/mol. The summed E-state index contributed by atoms with van der Waals surface area (Å²) in [5.41, 5.74) is 6.55. The number of nitrogens with two attached hydrogens (primary N) is 1. The predicted octanol–water partition coefficient (Wildman–Crippen LogP) is 2.68. The van der Waals surface area contributed by atoms with Crippen LogP contribution in [0.1, 0.15) is 12.5 Å². The lowest BCUT2D eigenvalue weighted by Gasteiger charge is -2.20. The van der Waals surface area contributed by atoms with Crippen LogP contribution in [0.3, 0.4) is 0 Å². The maximum Gasteiger partial charge on any atom is 0.256 e. The molecule has 19 heavy (non-hydrogen) atoms. The first-order valence-corrected chi connectivity index (χ1v) is 6.01. The van der Waals surface area contributed by atoms with Crippen LogP contribution in [0.4, 0.5) is 15.8 Å². The van der Waals surface area contributed by atoms with E-state index in [4.69, 9.17) is 5.73 Å². The quantitative estimate of drug-likeness (QED) is 0.852. The molecule has 1 atom stereocenters. The summed E-state index contributed by atoms with van der Waals surface area (Å²) < 4.78 is 13.9. The molecule has 0 aromatic heterocycles. The molecule has 1 amide bonds. The Morgan fingerprint density at radius 2 is 1.63 bits per heavy atom. The topological polar surface area (TPSA) is 46.3 Å². The number of halogens is 1. The third kappa shape index (κ3) is 1.57. The highest BCUT2D eigenvalue weighted by Gasteiger charge is 2.45. The van der Waals surface area contributed by atoms with Crippen molar-refractivity contribution in [1.82, 2.24) is 0 Å². The maximum absolute atomic E-state index is 13.9. The van der Waals surface area contributed by atoms with Gasteiger partial charge in [-0.05, 0) is 25.1 Å². The van der Waals surface area contributed by atoms with Crippen LogP contribution >= 0.6 is 0 Å². The second-order valence-electron chi connectivity index (χ2n) is 4.81. The van der Waals surface area contributed by atoms with E-state index in [1.165, 1.54) is 11.0 Å². The summed E-state index contributed by atoms with van der Waals surface area (Å²) in [6.45, 7) is 1.65. The van der Waals surface area contributed by atoms with E-state index in [-0.39, 0.29) is 11.6 Å². The number of carbonyl (C=O) groups is 1. The van der Waals surface area contributed by atoms with Crippen LogP contribution in [0.5, 0.6) is 0 Å². The Labute approximate surface area is 110 Å². The van der Waals surface area contributed by atoms with Gasteiger partial charge in [-0.3, -0.25) is 9.69 Å². The lowest BCUT2D eigenvalue weighted by molar-refractivity contribution is -0.121. The average molecular weight is 256 g/mol. The van der Waals surface area contributed by atoms with E-state index in [1.807, 2.05) is 6.07 Å². The Bertz CT molecular complexity index is 667. The molecule has 0 radical (unpaired) electrons. The molecule has 0 spiro atoms. The standard InChI is InChI=1S/C15H13FN2O/c1-15(17)10-6-2-4-8-12(10)18(14(15)19)13-9-5-3-7-11(13)16/h2-9H,17H2,1H3. The Hall–Kier alpha value is -2.20. The summed E-state index contributed by atoms with van der Waals surface area (Å²) in [6, 6.07) is 13.4. The second-order valence-corrected chi connectivity index (χ2v) is 4.81. The molecule has 0 aliphatic carbocycles. The minimum Gasteiger partial charge on any atom is -0.314 e. The number of anilines is 2. The molecule has 1 heterocycles. The van der Waals surface area contributed by atoms with E-state index in [0.717, 1.165) is 0 Å². The number of benzene rings is 2.